The maximum atomic E-state index is 10.2. The molecule has 0 radical (unpaired) electrons. The van der Waals surface area contributed by atoms with Gasteiger partial charge in [0.05, 0.1) is 0 Å². The van der Waals surface area contributed by atoms with Crippen LogP contribution in [0.1, 0.15) is 96.8 Å². The van der Waals surface area contributed by atoms with E-state index in [0.29, 0.717) is 0 Å². The topological polar surface area (TPSA) is 40.1 Å². The number of carboxylic acids is 1. The first-order valence-corrected chi connectivity index (χ1v) is 9.09. The van der Waals surface area contributed by atoms with Crippen LogP contribution in [-0.4, -0.2) is 5.97 Å². The molecule has 22 heavy (non-hydrogen) atoms. The second kappa shape index (κ2) is 19.3. The molecule has 0 N–H and O–H groups in total. The quantitative estimate of drug-likeness (QED) is 0.263. The number of carboxylic acid groups (broad SMARTS) is 1. The average Bonchev–Trinajstić information content (AvgIpc) is 2.45. The Morgan fingerprint density at radius 2 is 1.36 bits per heavy atom. The van der Waals surface area contributed by atoms with Crippen molar-refractivity contribution in [1.82, 2.24) is 0 Å². The summed E-state index contributed by atoms with van der Waals surface area (Å²) in [6, 6.07) is 0. The van der Waals surface area contributed by atoms with E-state index in [9.17, 15) is 9.90 Å². The first kappa shape index (κ1) is 24.5. The van der Waals surface area contributed by atoms with Crippen molar-refractivity contribution in [2.24, 2.45) is 0 Å². The number of rotatable bonds is 15. The molecule has 0 aromatic heterocycles. The fraction of sp³-hybridized carbons (Fsp3) is 0.833. The summed E-state index contributed by atoms with van der Waals surface area (Å²) in [5, 5.41) is 11.2. The van der Waals surface area contributed by atoms with Crippen LogP contribution >= 0.6 is 11.6 Å². The van der Waals surface area contributed by atoms with Crippen LogP contribution in [0.2, 0.25) is 0 Å². The summed E-state index contributed by atoms with van der Waals surface area (Å²) in [6.07, 6.45) is 17.5. The Labute approximate surface area is 157 Å². The first-order valence-electron chi connectivity index (χ1n) is 8.71. The molecule has 0 amide bonds. The number of carbonyl (C=O) groups is 1. The minimum Gasteiger partial charge on any atom is -0.550 e. The summed E-state index contributed by atoms with van der Waals surface area (Å²) in [5.41, 5.74) is 0. The van der Waals surface area contributed by atoms with Gasteiger partial charge in [0, 0.05) is 11.0 Å². The van der Waals surface area contributed by atoms with Crippen LogP contribution in [0, 0.1) is 0 Å². The maximum absolute atomic E-state index is 10.2. The average molecular weight is 424 g/mol. The molecule has 0 saturated heterocycles. The monoisotopic (exact) mass is 422 g/mol. The molecule has 0 bridgehead atoms. The number of hydrogen-bond acceptors (Lipinski definition) is 2. The van der Waals surface area contributed by atoms with Gasteiger partial charge < -0.3 is 9.90 Å². The Morgan fingerprint density at radius 1 is 0.864 bits per heavy atom. The van der Waals surface area contributed by atoms with Gasteiger partial charge in [0.25, 0.3) is 0 Å². The van der Waals surface area contributed by atoms with E-state index in [1.54, 1.807) is 0 Å². The van der Waals surface area contributed by atoms with Gasteiger partial charge in [-0.25, -0.2) is 0 Å². The molecular weight excluding hydrogens is 392 g/mol. The minimum atomic E-state index is -0.935. The summed E-state index contributed by atoms with van der Waals surface area (Å²) in [6.45, 7) is 2.24. The molecule has 0 unspecified atom stereocenters. The molecule has 0 heterocycles. The predicted octanol–water partition coefficient (Wildman–Crippen LogP) is 5.34. The molecule has 0 aromatic rings. The largest absolute Gasteiger partial charge is 1.00 e. The molecule has 0 saturated carbocycles. The van der Waals surface area contributed by atoms with Gasteiger partial charge in [-0.3, -0.25) is 0 Å². The Balaban J connectivity index is 0. The van der Waals surface area contributed by atoms with Gasteiger partial charge in [0.2, 0.25) is 0 Å². The fourth-order valence-electron chi connectivity index (χ4n) is 2.38. The predicted molar refractivity (Wildman–Crippen MR) is 89.3 cm³/mol. The first-order chi connectivity index (χ1) is 10.2. The second-order valence-electron chi connectivity index (χ2n) is 5.85. The number of carbonyl (C=O) groups excluding carboxylic acids is 1. The van der Waals surface area contributed by atoms with Crippen molar-refractivity contribution in [1.29, 1.82) is 0 Å². The van der Waals surface area contributed by atoms with Gasteiger partial charge in [-0.05, 0) is 38.5 Å². The van der Waals surface area contributed by atoms with Crippen molar-refractivity contribution < 1.29 is 32.3 Å². The summed E-state index contributed by atoms with van der Waals surface area (Å²) in [7, 11) is 0. The molecular formula is C18H32AgClO2. The van der Waals surface area contributed by atoms with Crippen LogP contribution in [0.25, 0.3) is 0 Å². The van der Waals surface area contributed by atoms with Gasteiger partial charge in [0.1, 0.15) is 0 Å². The Hall–Kier alpha value is 0.240. The smallest absolute Gasteiger partial charge is 0.550 e. The van der Waals surface area contributed by atoms with Gasteiger partial charge in [0.15, 0.2) is 0 Å². The van der Waals surface area contributed by atoms with Crippen LogP contribution in [0.4, 0.5) is 0 Å². The van der Waals surface area contributed by atoms with E-state index in [0.717, 1.165) is 50.0 Å². The van der Waals surface area contributed by atoms with E-state index in [2.05, 4.69) is 13.0 Å². The van der Waals surface area contributed by atoms with Crippen molar-refractivity contribution in [3.05, 3.63) is 11.1 Å². The molecule has 0 spiro atoms. The normalized spacial score (nSPS) is 11.3. The van der Waals surface area contributed by atoms with Gasteiger partial charge >= 0.3 is 22.4 Å². The zero-order chi connectivity index (χ0) is 15.8. The molecule has 0 aliphatic heterocycles. The molecule has 0 aliphatic rings. The van der Waals surface area contributed by atoms with Crippen LogP contribution < -0.4 is 5.11 Å². The summed E-state index contributed by atoms with van der Waals surface area (Å²) >= 11 is 6.20. The summed E-state index contributed by atoms with van der Waals surface area (Å²) < 4.78 is 0. The summed E-state index contributed by atoms with van der Waals surface area (Å²) in [4.78, 5) is 10.2. The van der Waals surface area contributed by atoms with Crippen LogP contribution in [0.5, 0.6) is 0 Å². The van der Waals surface area contributed by atoms with Crippen molar-refractivity contribution in [2.45, 2.75) is 96.8 Å². The van der Waals surface area contributed by atoms with Crippen molar-refractivity contribution in [3.63, 3.8) is 0 Å². The Morgan fingerprint density at radius 3 is 1.95 bits per heavy atom. The third-order valence-corrected chi connectivity index (χ3v) is 4.06. The molecule has 134 valence electrons. The SMILES string of the molecule is CCCCCCCCC=C(Cl)CCCCCCCC(=O)[O-].[Ag+]. The van der Waals surface area contributed by atoms with Crippen molar-refractivity contribution in [3.8, 4) is 0 Å². The number of allylic oxidation sites excluding steroid dienone is 2. The third-order valence-electron chi connectivity index (χ3n) is 3.72. The number of hydrogen-bond donors (Lipinski definition) is 0. The van der Waals surface area contributed by atoms with E-state index < -0.39 is 5.97 Å². The molecule has 0 aliphatic carbocycles. The third kappa shape index (κ3) is 20.2. The van der Waals surface area contributed by atoms with Crippen LogP contribution in [0.15, 0.2) is 11.1 Å². The van der Waals surface area contributed by atoms with Crippen LogP contribution in [-0.2, 0) is 27.2 Å². The zero-order valence-corrected chi connectivity index (χ0v) is 16.2. The molecule has 0 fully saturated rings. The number of unbranched alkanes of at least 4 members (excludes halogenated alkanes) is 10. The Bertz CT molecular complexity index is 280. The minimum absolute atomic E-state index is 0. The zero-order valence-electron chi connectivity index (χ0n) is 14.0. The van der Waals surface area contributed by atoms with E-state index in [1.807, 2.05) is 0 Å². The maximum Gasteiger partial charge on any atom is 1.00 e. The van der Waals surface area contributed by atoms with Gasteiger partial charge in [-0.1, -0.05) is 76.0 Å². The number of halogens is 1. The second-order valence-corrected chi connectivity index (χ2v) is 6.33. The molecule has 0 rings (SSSR count). The molecule has 0 aromatic carbocycles. The van der Waals surface area contributed by atoms with E-state index in [-0.39, 0.29) is 28.8 Å². The standard InChI is InChI=1S/C18H33ClO2.Ag/c1-2-3-4-5-6-8-11-14-17(19)15-12-9-7-10-13-16-18(20)21;/h14H,2-13,15-16H2,1H3,(H,20,21);/q;+1/p-1. The van der Waals surface area contributed by atoms with Gasteiger partial charge in [-0.2, -0.15) is 0 Å². The Kier molecular flexibility index (Phi) is 21.5. The van der Waals surface area contributed by atoms with Crippen LogP contribution in [0.3, 0.4) is 0 Å². The van der Waals surface area contributed by atoms with E-state index in [1.165, 1.54) is 38.5 Å². The van der Waals surface area contributed by atoms with E-state index >= 15 is 0 Å². The van der Waals surface area contributed by atoms with Crippen molar-refractivity contribution in [2.75, 3.05) is 0 Å². The fourth-order valence-corrected chi connectivity index (χ4v) is 2.62. The molecule has 4 heteroatoms. The number of aliphatic carboxylic acids is 1. The molecule has 0 atom stereocenters. The van der Waals surface area contributed by atoms with Crippen molar-refractivity contribution >= 4 is 17.6 Å². The molecule has 2 nitrogen and oxygen atoms in total. The van der Waals surface area contributed by atoms with Gasteiger partial charge in [-0.15, -0.1) is 0 Å². The van der Waals surface area contributed by atoms with E-state index in [4.69, 9.17) is 11.6 Å². The summed E-state index contributed by atoms with van der Waals surface area (Å²) in [5.74, 6) is -0.935.